The summed E-state index contributed by atoms with van der Waals surface area (Å²) < 4.78 is 37.1. The van der Waals surface area contributed by atoms with Crippen molar-refractivity contribution in [2.24, 2.45) is 5.92 Å². The van der Waals surface area contributed by atoms with Crippen molar-refractivity contribution in [3.8, 4) is 6.07 Å². The lowest BCUT2D eigenvalue weighted by molar-refractivity contribution is -0.148. The molecule has 0 aliphatic carbocycles. The summed E-state index contributed by atoms with van der Waals surface area (Å²) in [5, 5.41) is 11.8. The zero-order valence-corrected chi connectivity index (χ0v) is 9.93. The van der Waals surface area contributed by atoms with Gasteiger partial charge in [-0.3, -0.25) is 4.90 Å². The van der Waals surface area contributed by atoms with E-state index in [1.807, 2.05) is 13.0 Å². The molecule has 17 heavy (non-hydrogen) atoms. The topological polar surface area (TPSA) is 39.1 Å². The van der Waals surface area contributed by atoms with Crippen LogP contribution < -0.4 is 5.32 Å². The fourth-order valence-electron chi connectivity index (χ4n) is 2.44. The van der Waals surface area contributed by atoms with Crippen LogP contribution in [0.15, 0.2) is 0 Å². The zero-order chi connectivity index (χ0) is 12.9. The largest absolute Gasteiger partial charge is 0.389 e. The SMILES string of the molecule is CCNC1CC(CC(F)(F)F)CN(CC#N)C1. The minimum atomic E-state index is -4.11. The fourth-order valence-corrected chi connectivity index (χ4v) is 2.44. The van der Waals surface area contributed by atoms with E-state index in [1.54, 1.807) is 4.90 Å². The summed E-state index contributed by atoms with van der Waals surface area (Å²) >= 11 is 0. The van der Waals surface area contributed by atoms with Crippen molar-refractivity contribution in [3.05, 3.63) is 0 Å². The Hall–Kier alpha value is -0.800. The number of likely N-dealkylation sites (tertiary alicyclic amines) is 1. The predicted molar refractivity (Wildman–Crippen MR) is 58.3 cm³/mol. The molecule has 1 N–H and O–H groups in total. The summed E-state index contributed by atoms with van der Waals surface area (Å²) in [6.45, 7) is 3.91. The second kappa shape index (κ2) is 6.22. The first-order valence-electron chi connectivity index (χ1n) is 5.84. The van der Waals surface area contributed by atoms with Crippen LogP contribution in [0.25, 0.3) is 0 Å². The number of nitrogens with zero attached hydrogens (tertiary/aromatic N) is 2. The standard InChI is InChI=1S/C11H18F3N3/c1-2-16-10-5-9(6-11(12,13)14)7-17(8-10)4-3-15/h9-10,16H,2,4-8H2,1H3. The zero-order valence-electron chi connectivity index (χ0n) is 9.93. The lowest BCUT2D eigenvalue weighted by Crippen LogP contribution is -2.49. The van der Waals surface area contributed by atoms with Crippen LogP contribution in [0.2, 0.25) is 0 Å². The molecule has 0 amide bonds. The first-order valence-corrected chi connectivity index (χ1v) is 5.84. The molecule has 1 aliphatic rings. The van der Waals surface area contributed by atoms with Crippen molar-refractivity contribution in [1.29, 1.82) is 5.26 Å². The Morgan fingerprint density at radius 1 is 1.41 bits per heavy atom. The molecule has 1 aliphatic heterocycles. The van der Waals surface area contributed by atoms with E-state index < -0.39 is 18.5 Å². The van der Waals surface area contributed by atoms with Gasteiger partial charge in [-0.1, -0.05) is 6.92 Å². The molecular weight excluding hydrogens is 231 g/mol. The number of rotatable bonds is 4. The molecule has 2 atom stereocenters. The monoisotopic (exact) mass is 249 g/mol. The molecule has 0 saturated carbocycles. The van der Waals surface area contributed by atoms with E-state index in [4.69, 9.17) is 5.26 Å². The van der Waals surface area contributed by atoms with Crippen LogP contribution in [0.1, 0.15) is 19.8 Å². The van der Waals surface area contributed by atoms with Crippen molar-refractivity contribution in [3.63, 3.8) is 0 Å². The molecule has 2 unspecified atom stereocenters. The second-order valence-electron chi connectivity index (χ2n) is 4.53. The highest BCUT2D eigenvalue weighted by Gasteiger charge is 2.36. The number of alkyl halides is 3. The van der Waals surface area contributed by atoms with Crippen molar-refractivity contribution < 1.29 is 13.2 Å². The molecule has 0 spiro atoms. The van der Waals surface area contributed by atoms with Crippen LogP contribution >= 0.6 is 0 Å². The average molecular weight is 249 g/mol. The number of likely N-dealkylation sites (N-methyl/N-ethyl adjacent to an activating group) is 1. The van der Waals surface area contributed by atoms with Gasteiger partial charge in [-0.05, 0) is 18.9 Å². The number of nitriles is 1. The van der Waals surface area contributed by atoms with Crippen LogP contribution in [0, 0.1) is 17.2 Å². The normalized spacial score (nSPS) is 26.8. The summed E-state index contributed by atoms with van der Waals surface area (Å²) in [7, 11) is 0. The van der Waals surface area contributed by atoms with Crippen molar-refractivity contribution in [2.75, 3.05) is 26.2 Å². The molecule has 0 aromatic heterocycles. The Balaban J connectivity index is 2.55. The van der Waals surface area contributed by atoms with Gasteiger partial charge in [0.15, 0.2) is 0 Å². The molecule has 0 aromatic carbocycles. The first kappa shape index (κ1) is 14.3. The molecule has 1 fully saturated rings. The Labute approximate surface area is 99.6 Å². The second-order valence-corrected chi connectivity index (χ2v) is 4.53. The third kappa shape index (κ3) is 5.37. The smallest absolute Gasteiger partial charge is 0.313 e. The number of hydrogen-bond donors (Lipinski definition) is 1. The maximum absolute atomic E-state index is 12.4. The summed E-state index contributed by atoms with van der Waals surface area (Å²) in [6.07, 6.45) is -4.33. The molecule has 1 heterocycles. The molecule has 1 rings (SSSR count). The quantitative estimate of drug-likeness (QED) is 0.772. The maximum Gasteiger partial charge on any atom is 0.389 e. The van der Waals surface area contributed by atoms with Gasteiger partial charge in [0, 0.05) is 25.6 Å². The number of piperidine rings is 1. The maximum atomic E-state index is 12.4. The molecule has 6 heteroatoms. The van der Waals surface area contributed by atoms with Gasteiger partial charge in [-0.2, -0.15) is 18.4 Å². The van der Waals surface area contributed by atoms with Gasteiger partial charge in [0.2, 0.25) is 0 Å². The van der Waals surface area contributed by atoms with Crippen LogP contribution in [0.4, 0.5) is 13.2 Å². The summed E-state index contributed by atoms with van der Waals surface area (Å²) in [5.41, 5.74) is 0. The lowest BCUT2D eigenvalue weighted by Gasteiger charge is -2.37. The van der Waals surface area contributed by atoms with Crippen molar-refractivity contribution in [1.82, 2.24) is 10.2 Å². The van der Waals surface area contributed by atoms with E-state index in [0.29, 0.717) is 19.5 Å². The third-order valence-corrected chi connectivity index (χ3v) is 2.92. The molecule has 0 radical (unpaired) electrons. The molecule has 1 saturated heterocycles. The van der Waals surface area contributed by atoms with Gasteiger partial charge in [0.1, 0.15) is 0 Å². The number of halogens is 3. The minimum Gasteiger partial charge on any atom is -0.313 e. The highest BCUT2D eigenvalue weighted by molar-refractivity contribution is 4.88. The van der Waals surface area contributed by atoms with Crippen LogP contribution in [0.5, 0.6) is 0 Å². The molecule has 0 bridgehead atoms. The Morgan fingerprint density at radius 3 is 2.65 bits per heavy atom. The van der Waals surface area contributed by atoms with E-state index in [0.717, 1.165) is 6.54 Å². The fraction of sp³-hybridized carbons (Fsp3) is 0.909. The third-order valence-electron chi connectivity index (χ3n) is 2.92. The van der Waals surface area contributed by atoms with Gasteiger partial charge in [0.25, 0.3) is 0 Å². The summed E-state index contributed by atoms with van der Waals surface area (Å²) in [6, 6.07) is 2.06. The molecular formula is C11H18F3N3. The highest BCUT2D eigenvalue weighted by Crippen LogP contribution is 2.30. The van der Waals surface area contributed by atoms with Gasteiger partial charge in [-0.15, -0.1) is 0 Å². The van der Waals surface area contributed by atoms with Gasteiger partial charge in [0.05, 0.1) is 12.6 Å². The van der Waals surface area contributed by atoms with Crippen LogP contribution in [-0.4, -0.2) is 43.3 Å². The molecule has 0 aromatic rings. The van der Waals surface area contributed by atoms with E-state index >= 15 is 0 Å². The van der Waals surface area contributed by atoms with Gasteiger partial charge < -0.3 is 5.32 Å². The van der Waals surface area contributed by atoms with E-state index in [2.05, 4.69) is 5.32 Å². The van der Waals surface area contributed by atoms with Crippen molar-refractivity contribution >= 4 is 0 Å². The average Bonchev–Trinajstić information content (AvgIpc) is 2.15. The minimum absolute atomic E-state index is 0.0643. The first-order chi connectivity index (χ1) is 7.94. The summed E-state index contributed by atoms with van der Waals surface area (Å²) in [5.74, 6) is -0.402. The number of nitrogens with one attached hydrogen (secondary N) is 1. The highest BCUT2D eigenvalue weighted by atomic mass is 19.4. The van der Waals surface area contributed by atoms with Gasteiger partial charge >= 0.3 is 6.18 Å². The predicted octanol–water partition coefficient (Wildman–Crippen LogP) is 1.76. The van der Waals surface area contributed by atoms with Crippen molar-refractivity contribution in [2.45, 2.75) is 32.0 Å². The molecule has 3 nitrogen and oxygen atoms in total. The van der Waals surface area contributed by atoms with E-state index in [9.17, 15) is 13.2 Å². The van der Waals surface area contributed by atoms with Crippen LogP contribution in [-0.2, 0) is 0 Å². The van der Waals surface area contributed by atoms with Crippen LogP contribution in [0.3, 0.4) is 0 Å². The van der Waals surface area contributed by atoms with E-state index in [-0.39, 0.29) is 12.6 Å². The van der Waals surface area contributed by atoms with E-state index in [1.165, 1.54) is 0 Å². The summed E-state index contributed by atoms with van der Waals surface area (Å²) in [4.78, 5) is 1.80. The molecule has 98 valence electrons. The number of hydrogen-bond acceptors (Lipinski definition) is 3. The Morgan fingerprint density at radius 2 is 2.12 bits per heavy atom. The lowest BCUT2D eigenvalue weighted by atomic mass is 9.91. The Kier molecular flexibility index (Phi) is 5.22. The Bertz CT molecular complexity index is 272. The van der Waals surface area contributed by atoms with Gasteiger partial charge in [-0.25, -0.2) is 0 Å².